The number of hydrogen-bond donors (Lipinski definition) is 2. The van der Waals surface area contributed by atoms with Crippen molar-refractivity contribution >= 4 is 23.4 Å². The van der Waals surface area contributed by atoms with Gasteiger partial charge in [-0.25, -0.2) is 9.78 Å². The first-order valence-corrected chi connectivity index (χ1v) is 7.63. The van der Waals surface area contributed by atoms with E-state index >= 15 is 0 Å². The van der Waals surface area contributed by atoms with Crippen LogP contribution in [0.1, 0.15) is 26.3 Å². The lowest BCUT2D eigenvalue weighted by atomic mass is 10.1. The highest BCUT2D eigenvalue weighted by Crippen LogP contribution is 2.22. The molecule has 2 aromatic rings. The topological polar surface area (TPSA) is 63.2 Å². The highest BCUT2D eigenvalue weighted by molar-refractivity contribution is 6.30. The zero-order valence-electron chi connectivity index (χ0n) is 13.4. The van der Waals surface area contributed by atoms with Crippen LogP contribution in [0.4, 0.5) is 10.6 Å². The summed E-state index contributed by atoms with van der Waals surface area (Å²) in [5, 5.41) is 6.20. The van der Waals surface area contributed by atoms with Gasteiger partial charge < -0.3 is 10.1 Å². The Bertz CT molecular complexity index is 666. The van der Waals surface area contributed by atoms with E-state index < -0.39 is 0 Å². The quantitative estimate of drug-likeness (QED) is 0.879. The van der Waals surface area contributed by atoms with Gasteiger partial charge in [0.2, 0.25) is 0 Å². The van der Waals surface area contributed by atoms with E-state index in [4.69, 9.17) is 16.3 Å². The molecule has 2 rings (SSSR count). The molecule has 0 saturated carbocycles. The summed E-state index contributed by atoms with van der Waals surface area (Å²) >= 11 is 5.86. The Morgan fingerprint density at radius 2 is 1.91 bits per heavy atom. The van der Waals surface area contributed by atoms with Crippen LogP contribution in [0.25, 0.3) is 0 Å². The molecule has 23 heavy (non-hydrogen) atoms. The maximum atomic E-state index is 12.0. The number of amides is 2. The van der Waals surface area contributed by atoms with E-state index in [1.54, 1.807) is 30.5 Å². The molecule has 0 bridgehead atoms. The molecule has 1 aromatic carbocycles. The van der Waals surface area contributed by atoms with Crippen LogP contribution in [0.2, 0.25) is 5.02 Å². The SMILES string of the molecule is CC(C)(C)NC(=O)Nc1ncccc1OCc1ccc(Cl)cc1. The van der Waals surface area contributed by atoms with Gasteiger partial charge in [-0.05, 0) is 50.6 Å². The maximum absolute atomic E-state index is 12.0. The van der Waals surface area contributed by atoms with Crippen LogP contribution >= 0.6 is 11.6 Å². The summed E-state index contributed by atoms with van der Waals surface area (Å²) in [7, 11) is 0. The Labute approximate surface area is 141 Å². The molecule has 5 nitrogen and oxygen atoms in total. The molecule has 0 aliphatic rings. The molecule has 2 amide bonds. The molecule has 1 aromatic heterocycles. The number of ether oxygens (including phenoxy) is 1. The fourth-order valence-electron chi connectivity index (χ4n) is 1.82. The van der Waals surface area contributed by atoms with E-state index in [-0.39, 0.29) is 11.6 Å². The molecule has 122 valence electrons. The number of hydrogen-bond acceptors (Lipinski definition) is 3. The zero-order valence-corrected chi connectivity index (χ0v) is 14.1. The van der Waals surface area contributed by atoms with Crippen molar-refractivity contribution in [3.63, 3.8) is 0 Å². The van der Waals surface area contributed by atoms with E-state index in [1.165, 1.54) is 0 Å². The van der Waals surface area contributed by atoms with Crippen LogP contribution in [0, 0.1) is 0 Å². The number of benzene rings is 1. The average Bonchev–Trinajstić information content (AvgIpc) is 2.46. The summed E-state index contributed by atoms with van der Waals surface area (Å²) in [6, 6.07) is 10.6. The van der Waals surface area contributed by atoms with Gasteiger partial charge in [-0.2, -0.15) is 0 Å². The average molecular weight is 334 g/mol. The molecule has 0 atom stereocenters. The summed E-state index contributed by atoms with van der Waals surface area (Å²) < 4.78 is 5.75. The van der Waals surface area contributed by atoms with Crippen molar-refractivity contribution in [1.29, 1.82) is 0 Å². The molecule has 0 radical (unpaired) electrons. The molecule has 0 aliphatic carbocycles. The van der Waals surface area contributed by atoms with Crippen LogP contribution in [0.15, 0.2) is 42.6 Å². The predicted octanol–water partition coefficient (Wildman–Crippen LogP) is 4.23. The Balaban J connectivity index is 2.02. The van der Waals surface area contributed by atoms with Gasteiger partial charge in [0.15, 0.2) is 11.6 Å². The number of aromatic nitrogens is 1. The minimum Gasteiger partial charge on any atom is -0.485 e. The smallest absolute Gasteiger partial charge is 0.320 e. The second kappa shape index (κ2) is 7.33. The number of carbonyl (C=O) groups excluding carboxylic acids is 1. The van der Waals surface area contributed by atoms with Crippen molar-refractivity contribution in [2.75, 3.05) is 5.32 Å². The van der Waals surface area contributed by atoms with Gasteiger partial charge in [0.25, 0.3) is 0 Å². The van der Waals surface area contributed by atoms with E-state index in [0.717, 1.165) is 5.56 Å². The van der Waals surface area contributed by atoms with Crippen molar-refractivity contribution < 1.29 is 9.53 Å². The van der Waals surface area contributed by atoms with Gasteiger partial charge in [-0.1, -0.05) is 23.7 Å². The third-order valence-electron chi connectivity index (χ3n) is 2.80. The minimum atomic E-state index is -0.330. The predicted molar refractivity (Wildman–Crippen MR) is 91.9 cm³/mol. The van der Waals surface area contributed by atoms with Crippen molar-refractivity contribution in [2.45, 2.75) is 32.9 Å². The Morgan fingerprint density at radius 1 is 1.22 bits per heavy atom. The fourth-order valence-corrected chi connectivity index (χ4v) is 1.95. The van der Waals surface area contributed by atoms with Gasteiger partial charge in [0, 0.05) is 16.8 Å². The Kier molecular flexibility index (Phi) is 5.45. The highest BCUT2D eigenvalue weighted by Gasteiger charge is 2.15. The van der Waals surface area contributed by atoms with Gasteiger partial charge in [-0.15, -0.1) is 0 Å². The summed E-state index contributed by atoms with van der Waals surface area (Å²) in [5.41, 5.74) is 0.645. The fraction of sp³-hybridized carbons (Fsp3) is 0.294. The first kappa shape index (κ1) is 17.1. The normalized spacial score (nSPS) is 11.0. The zero-order chi connectivity index (χ0) is 16.9. The van der Waals surface area contributed by atoms with E-state index in [0.29, 0.717) is 23.2 Å². The standard InChI is InChI=1S/C17H20ClN3O2/c1-17(2,3)21-16(22)20-15-14(5-4-10-19-15)23-11-12-6-8-13(18)9-7-12/h4-10H,11H2,1-3H3,(H2,19,20,21,22). The van der Waals surface area contributed by atoms with Crippen LogP contribution in [-0.4, -0.2) is 16.6 Å². The molecule has 0 spiro atoms. The molecular formula is C17H20ClN3O2. The molecule has 0 unspecified atom stereocenters. The van der Waals surface area contributed by atoms with Crippen LogP contribution in [0.3, 0.4) is 0 Å². The second-order valence-electron chi connectivity index (χ2n) is 6.09. The van der Waals surface area contributed by atoms with Crippen molar-refractivity contribution in [2.24, 2.45) is 0 Å². The van der Waals surface area contributed by atoms with Gasteiger partial charge in [0.05, 0.1) is 0 Å². The summed E-state index contributed by atoms with van der Waals surface area (Å²) in [4.78, 5) is 16.1. The summed E-state index contributed by atoms with van der Waals surface area (Å²) in [6.45, 7) is 6.08. The lowest BCUT2D eigenvalue weighted by Gasteiger charge is -2.21. The molecule has 6 heteroatoms. The molecule has 2 N–H and O–H groups in total. The third-order valence-corrected chi connectivity index (χ3v) is 3.05. The first-order valence-electron chi connectivity index (χ1n) is 7.25. The largest absolute Gasteiger partial charge is 0.485 e. The number of rotatable bonds is 4. The number of urea groups is 1. The van der Waals surface area contributed by atoms with Crippen molar-refractivity contribution in [1.82, 2.24) is 10.3 Å². The number of carbonyl (C=O) groups is 1. The van der Waals surface area contributed by atoms with Crippen LogP contribution in [0.5, 0.6) is 5.75 Å². The number of anilines is 1. The Morgan fingerprint density at radius 3 is 2.57 bits per heavy atom. The number of pyridine rings is 1. The van der Waals surface area contributed by atoms with E-state index in [9.17, 15) is 4.79 Å². The highest BCUT2D eigenvalue weighted by atomic mass is 35.5. The lowest BCUT2D eigenvalue weighted by molar-refractivity contribution is 0.243. The minimum absolute atomic E-state index is 0.326. The molecule has 1 heterocycles. The molecular weight excluding hydrogens is 314 g/mol. The Hall–Kier alpha value is -2.27. The van der Waals surface area contributed by atoms with E-state index in [2.05, 4.69) is 15.6 Å². The number of nitrogens with one attached hydrogen (secondary N) is 2. The summed E-state index contributed by atoms with van der Waals surface area (Å²) in [5.74, 6) is 0.884. The second-order valence-corrected chi connectivity index (χ2v) is 6.53. The van der Waals surface area contributed by atoms with E-state index in [1.807, 2.05) is 32.9 Å². The molecule has 0 aliphatic heterocycles. The maximum Gasteiger partial charge on any atom is 0.320 e. The lowest BCUT2D eigenvalue weighted by Crippen LogP contribution is -2.43. The van der Waals surface area contributed by atoms with Gasteiger partial charge in [-0.3, -0.25) is 5.32 Å². The molecule has 0 fully saturated rings. The third kappa shape index (κ3) is 5.79. The first-order chi connectivity index (χ1) is 10.8. The number of halogens is 1. The van der Waals surface area contributed by atoms with Gasteiger partial charge >= 0.3 is 6.03 Å². The monoisotopic (exact) mass is 333 g/mol. The van der Waals surface area contributed by atoms with Gasteiger partial charge in [0.1, 0.15) is 6.61 Å². The van der Waals surface area contributed by atoms with Crippen molar-refractivity contribution in [3.05, 3.63) is 53.2 Å². The number of nitrogens with zero attached hydrogens (tertiary/aromatic N) is 1. The van der Waals surface area contributed by atoms with Crippen LogP contribution in [-0.2, 0) is 6.61 Å². The summed E-state index contributed by atoms with van der Waals surface area (Å²) in [6.07, 6.45) is 1.60. The van der Waals surface area contributed by atoms with Crippen LogP contribution < -0.4 is 15.4 Å². The van der Waals surface area contributed by atoms with Crippen molar-refractivity contribution in [3.8, 4) is 5.75 Å². The molecule has 0 saturated heterocycles.